The number of ether oxygens (including phenoxy) is 4. The van der Waals surface area contributed by atoms with E-state index in [1.165, 1.54) is 0 Å². The van der Waals surface area contributed by atoms with Crippen molar-refractivity contribution in [2.24, 2.45) is 0 Å². The predicted molar refractivity (Wildman–Crippen MR) is 197 cm³/mol. The first kappa shape index (κ1) is 37.9. The number of carbonyl (C=O) groups excluding carboxylic acids is 2. The Balaban J connectivity index is 1.35. The minimum Gasteiger partial charge on any atom is -0.490 e. The number of hydrogen-bond donors (Lipinski definition) is 2. The highest BCUT2D eigenvalue weighted by Gasteiger charge is 2.38. The second-order valence-electron chi connectivity index (χ2n) is 12.5. The Morgan fingerprint density at radius 1 is 0.960 bits per heavy atom. The predicted octanol–water partition coefficient (Wildman–Crippen LogP) is 7.02. The van der Waals surface area contributed by atoms with Crippen LogP contribution in [0.3, 0.4) is 0 Å². The third-order valence-electron chi connectivity index (χ3n) is 8.72. The fourth-order valence-electron chi connectivity index (χ4n) is 6.05. The number of nitrogens with one attached hydrogen (secondary N) is 2. The summed E-state index contributed by atoms with van der Waals surface area (Å²) in [5.74, 6) is 1.04. The van der Waals surface area contributed by atoms with Crippen LogP contribution in [0.5, 0.6) is 11.5 Å². The van der Waals surface area contributed by atoms with Crippen LogP contribution < -0.4 is 20.1 Å². The summed E-state index contributed by atoms with van der Waals surface area (Å²) < 4.78 is 22.7. The molecule has 0 spiro atoms. The van der Waals surface area contributed by atoms with Gasteiger partial charge in [0.2, 0.25) is 5.91 Å². The second-order valence-corrected chi connectivity index (χ2v) is 13.7. The van der Waals surface area contributed by atoms with Gasteiger partial charge in [-0.1, -0.05) is 59.1 Å². The van der Waals surface area contributed by atoms with E-state index in [2.05, 4.69) is 10.6 Å². The van der Waals surface area contributed by atoms with Gasteiger partial charge in [-0.2, -0.15) is 0 Å². The molecule has 3 aromatic rings. The van der Waals surface area contributed by atoms with Crippen LogP contribution in [-0.4, -0.2) is 76.1 Å². The maximum absolute atomic E-state index is 14.7. The number of methoxy groups -OCH3 is 1. The van der Waals surface area contributed by atoms with Crippen LogP contribution in [-0.2, 0) is 32.0 Å². The lowest BCUT2D eigenvalue weighted by molar-refractivity contribution is -0.129. The first-order valence-electron chi connectivity index (χ1n) is 16.8. The molecule has 1 saturated carbocycles. The van der Waals surface area contributed by atoms with Gasteiger partial charge < -0.3 is 34.5 Å². The van der Waals surface area contributed by atoms with Gasteiger partial charge in [-0.15, -0.1) is 0 Å². The summed E-state index contributed by atoms with van der Waals surface area (Å²) in [6, 6.07) is 17.0. The summed E-state index contributed by atoms with van der Waals surface area (Å²) in [6.45, 7) is 3.94. The zero-order chi connectivity index (χ0) is 35.6. The van der Waals surface area contributed by atoms with Crippen molar-refractivity contribution in [2.75, 3.05) is 47.3 Å². The minimum atomic E-state index is -0.328. The summed E-state index contributed by atoms with van der Waals surface area (Å²) >= 11 is 19.3. The van der Waals surface area contributed by atoms with Gasteiger partial charge in [-0.05, 0) is 97.3 Å². The van der Waals surface area contributed by atoms with Crippen LogP contribution in [0.15, 0.2) is 60.2 Å². The van der Waals surface area contributed by atoms with E-state index >= 15 is 0 Å². The number of halogens is 3. The first-order chi connectivity index (χ1) is 24.2. The summed E-state index contributed by atoms with van der Waals surface area (Å²) in [6.07, 6.45) is 3.49. The van der Waals surface area contributed by atoms with E-state index in [-0.39, 0.29) is 43.9 Å². The fraction of sp³-hybridized carbons (Fsp3) is 0.421. The molecule has 1 aliphatic heterocycles. The number of amides is 2. The number of nitrogens with zero attached hydrogens (tertiary/aromatic N) is 1. The highest BCUT2D eigenvalue weighted by molar-refractivity contribution is 6.37. The maximum atomic E-state index is 14.7. The van der Waals surface area contributed by atoms with Crippen molar-refractivity contribution in [3.05, 3.63) is 97.5 Å². The Kier molecular flexibility index (Phi) is 13.9. The normalized spacial score (nSPS) is 15.9. The van der Waals surface area contributed by atoms with Gasteiger partial charge in [0.1, 0.15) is 25.8 Å². The highest BCUT2D eigenvalue weighted by atomic mass is 35.5. The molecule has 268 valence electrons. The smallest absolute Gasteiger partial charge is 0.252 e. The first-order valence-corrected chi connectivity index (χ1v) is 18.0. The van der Waals surface area contributed by atoms with E-state index in [0.29, 0.717) is 71.1 Å². The molecule has 0 radical (unpaired) electrons. The van der Waals surface area contributed by atoms with Gasteiger partial charge in [0.25, 0.3) is 5.91 Å². The van der Waals surface area contributed by atoms with E-state index in [1.54, 1.807) is 26.3 Å². The number of benzene rings is 3. The molecule has 1 atom stereocenters. The number of aryl methyl sites for hydroxylation is 2. The quantitative estimate of drug-likeness (QED) is 0.113. The molecular formula is C38H44Cl3N3O6. The van der Waals surface area contributed by atoms with Crippen LogP contribution >= 0.6 is 34.8 Å². The molecule has 0 bridgehead atoms. The van der Waals surface area contributed by atoms with Crippen molar-refractivity contribution in [2.45, 2.75) is 57.7 Å². The molecule has 0 unspecified atom stereocenters. The Morgan fingerprint density at radius 2 is 1.68 bits per heavy atom. The van der Waals surface area contributed by atoms with Gasteiger partial charge in [0.15, 0.2) is 5.75 Å². The van der Waals surface area contributed by atoms with Gasteiger partial charge in [-0.25, -0.2) is 0 Å². The molecule has 3 aromatic carbocycles. The summed E-state index contributed by atoms with van der Waals surface area (Å²) in [5, 5.41) is 7.68. The topological polar surface area (TPSA) is 98.4 Å². The molecule has 1 fully saturated rings. The van der Waals surface area contributed by atoms with E-state index in [1.807, 2.05) is 54.3 Å². The van der Waals surface area contributed by atoms with Crippen LogP contribution in [0.2, 0.25) is 15.1 Å². The molecule has 2 aliphatic rings. The van der Waals surface area contributed by atoms with Crippen molar-refractivity contribution in [3.63, 3.8) is 0 Å². The van der Waals surface area contributed by atoms with Gasteiger partial charge in [-0.3, -0.25) is 9.59 Å². The fourth-order valence-corrected chi connectivity index (χ4v) is 6.93. The Bertz CT molecular complexity index is 1660. The minimum absolute atomic E-state index is 0.0234. The van der Waals surface area contributed by atoms with Crippen LogP contribution in [0.25, 0.3) is 5.57 Å². The molecule has 12 heteroatoms. The van der Waals surface area contributed by atoms with E-state index < -0.39 is 0 Å². The monoisotopic (exact) mass is 743 g/mol. The van der Waals surface area contributed by atoms with Gasteiger partial charge in [0, 0.05) is 43.8 Å². The molecule has 9 nitrogen and oxygen atoms in total. The molecule has 2 N–H and O–H groups in total. The van der Waals surface area contributed by atoms with E-state index in [4.69, 9.17) is 53.8 Å². The van der Waals surface area contributed by atoms with Gasteiger partial charge >= 0.3 is 0 Å². The summed E-state index contributed by atoms with van der Waals surface area (Å²) in [4.78, 5) is 28.5. The van der Waals surface area contributed by atoms with Crippen molar-refractivity contribution in [1.29, 1.82) is 0 Å². The molecule has 1 heterocycles. The second kappa shape index (κ2) is 18.3. The third kappa shape index (κ3) is 10.1. The van der Waals surface area contributed by atoms with Crippen molar-refractivity contribution in [3.8, 4) is 11.5 Å². The van der Waals surface area contributed by atoms with Gasteiger partial charge in [0.05, 0.1) is 22.7 Å². The van der Waals surface area contributed by atoms with Crippen LogP contribution in [0.1, 0.15) is 47.9 Å². The van der Waals surface area contributed by atoms with E-state index in [0.717, 1.165) is 40.7 Å². The lowest BCUT2D eigenvalue weighted by Crippen LogP contribution is -2.47. The molecule has 50 heavy (non-hydrogen) atoms. The van der Waals surface area contributed by atoms with Crippen molar-refractivity contribution >= 4 is 52.2 Å². The van der Waals surface area contributed by atoms with E-state index in [9.17, 15) is 9.59 Å². The Hall–Kier alpha value is -3.31. The van der Waals surface area contributed by atoms with Crippen LogP contribution in [0, 0.1) is 6.92 Å². The van der Waals surface area contributed by atoms with Crippen molar-refractivity contribution < 1.29 is 28.5 Å². The molecule has 2 amide bonds. The van der Waals surface area contributed by atoms with Crippen LogP contribution in [0.4, 0.5) is 0 Å². The lowest BCUT2D eigenvalue weighted by Gasteiger charge is -2.33. The van der Waals surface area contributed by atoms with Crippen molar-refractivity contribution in [1.82, 2.24) is 15.5 Å². The SMILES string of the molecule is CNC(=O)CCc1ccc(Cl)c(CN(C(=O)C2=C(c3ccc(OCCOc4c(Cl)cc(C)cc4Cl)cc3)CCN[C@@H]2COCOC)C2CC2)c1. The molecule has 0 saturated heterocycles. The Morgan fingerprint density at radius 3 is 2.36 bits per heavy atom. The zero-order valence-electron chi connectivity index (χ0n) is 28.7. The standard InChI is InChI=1S/C38H44Cl3N3O6/c1-24-18-32(40)37(33(41)19-24)50-17-16-49-29-10-6-26(7-11-29)30-14-15-43-34(22-48-23-47-3)36(30)38(46)44(28-8-9-28)21-27-20-25(4-12-31(27)39)5-13-35(45)42-2/h4,6-7,10-12,18-20,28,34,43H,5,8-9,13-17,21-23H2,1-3H3,(H,42,45)/t34-/m1/s1. The zero-order valence-corrected chi connectivity index (χ0v) is 30.9. The number of hydrogen-bond acceptors (Lipinski definition) is 7. The maximum Gasteiger partial charge on any atom is 0.252 e. The largest absolute Gasteiger partial charge is 0.490 e. The lowest BCUT2D eigenvalue weighted by atomic mass is 9.88. The molecular weight excluding hydrogens is 701 g/mol. The summed E-state index contributed by atoms with van der Waals surface area (Å²) in [7, 11) is 3.21. The molecule has 5 rings (SSSR count). The Labute approximate surface area is 309 Å². The highest BCUT2D eigenvalue weighted by Crippen LogP contribution is 2.37. The average molecular weight is 745 g/mol. The summed E-state index contributed by atoms with van der Waals surface area (Å²) in [5.41, 5.74) is 5.40. The third-order valence-corrected chi connectivity index (χ3v) is 9.65. The number of rotatable bonds is 17. The molecule has 0 aromatic heterocycles. The average Bonchev–Trinajstić information content (AvgIpc) is 3.95. The number of carbonyl (C=O) groups is 2. The molecule has 1 aliphatic carbocycles.